The first kappa shape index (κ1) is 6.69. The number of rotatable bonds is 1. The third-order valence-electron chi connectivity index (χ3n) is 1.40. The molecule has 4 heteroatoms. The number of nitrogens with zero attached hydrogens (tertiary/aromatic N) is 2. The van der Waals surface area contributed by atoms with Gasteiger partial charge in [0.25, 0.3) is 0 Å². The fraction of sp³-hybridized carbons (Fsp3) is 0.143. The van der Waals surface area contributed by atoms with Gasteiger partial charge in [0.15, 0.2) is 0 Å². The molecule has 2 aromatic rings. The monoisotopic (exact) mass is 166 g/mol. The summed E-state index contributed by atoms with van der Waals surface area (Å²) in [6.45, 7) is 0.0844. The number of hydrogen-bond acceptors (Lipinski definition) is 4. The van der Waals surface area contributed by atoms with Crippen LogP contribution in [0, 0.1) is 0 Å². The molecule has 3 nitrogen and oxygen atoms in total. The lowest BCUT2D eigenvalue weighted by Crippen LogP contribution is -1.72. The predicted molar refractivity (Wildman–Crippen MR) is 43.3 cm³/mol. The maximum Gasteiger partial charge on any atom is 0.126 e. The first-order valence-corrected chi connectivity index (χ1v) is 4.01. The van der Waals surface area contributed by atoms with Crippen LogP contribution in [0.3, 0.4) is 0 Å². The quantitative estimate of drug-likeness (QED) is 0.692. The molecule has 0 unspecified atom stereocenters. The first-order chi connectivity index (χ1) is 5.40. The van der Waals surface area contributed by atoms with Crippen molar-refractivity contribution in [3.05, 3.63) is 23.5 Å². The second kappa shape index (κ2) is 2.56. The van der Waals surface area contributed by atoms with E-state index in [4.69, 9.17) is 5.11 Å². The Labute approximate surface area is 67.4 Å². The smallest absolute Gasteiger partial charge is 0.126 e. The lowest BCUT2D eigenvalue weighted by Gasteiger charge is -1.81. The van der Waals surface area contributed by atoms with Crippen LogP contribution >= 0.6 is 11.3 Å². The number of aliphatic hydroxyl groups excluding tert-OH is 1. The summed E-state index contributed by atoms with van der Waals surface area (Å²) < 4.78 is 0. The normalized spacial score (nSPS) is 10.6. The van der Waals surface area contributed by atoms with Gasteiger partial charge in [0.05, 0.1) is 6.61 Å². The van der Waals surface area contributed by atoms with E-state index in [0.717, 1.165) is 15.1 Å². The molecule has 0 bridgehead atoms. The first-order valence-electron chi connectivity index (χ1n) is 3.19. The van der Waals surface area contributed by atoms with Crippen molar-refractivity contribution >= 4 is 21.6 Å². The van der Waals surface area contributed by atoms with Crippen molar-refractivity contribution in [2.45, 2.75) is 6.61 Å². The molecule has 2 heterocycles. The summed E-state index contributed by atoms with van der Waals surface area (Å²) in [5.74, 6) is 0. The molecular formula is C7H6N2OS. The van der Waals surface area contributed by atoms with Crippen molar-refractivity contribution in [2.24, 2.45) is 0 Å². The number of aromatic nitrogens is 2. The van der Waals surface area contributed by atoms with Gasteiger partial charge in [0, 0.05) is 16.5 Å². The van der Waals surface area contributed by atoms with Crippen LogP contribution in [0.15, 0.2) is 18.6 Å². The number of hydrogen-bond donors (Lipinski definition) is 1. The SMILES string of the molecule is OCc1cc2cncnc2s1. The maximum absolute atomic E-state index is 8.80. The van der Waals surface area contributed by atoms with Crippen molar-refractivity contribution in [1.82, 2.24) is 9.97 Å². The van der Waals surface area contributed by atoms with Crippen molar-refractivity contribution in [1.29, 1.82) is 0 Å². The molecule has 0 radical (unpaired) electrons. The average molecular weight is 166 g/mol. The Morgan fingerprint density at radius 2 is 2.45 bits per heavy atom. The minimum absolute atomic E-state index is 0.0844. The number of aliphatic hydroxyl groups is 1. The fourth-order valence-corrected chi connectivity index (χ4v) is 1.75. The lowest BCUT2D eigenvalue weighted by atomic mass is 10.4. The summed E-state index contributed by atoms with van der Waals surface area (Å²) in [4.78, 5) is 9.79. The van der Waals surface area contributed by atoms with E-state index in [1.165, 1.54) is 17.7 Å². The fourth-order valence-electron chi connectivity index (χ4n) is 0.918. The van der Waals surface area contributed by atoms with E-state index in [1.54, 1.807) is 6.20 Å². The Bertz CT molecular complexity index is 338. The average Bonchev–Trinajstić information content (AvgIpc) is 2.46. The second-order valence-corrected chi connectivity index (χ2v) is 3.27. The Hall–Kier alpha value is -1.00. The van der Waals surface area contributed by atoms with E-state index in [-0.39, 0.29) is 6.61 Å². The molecule has 56 valence electrons. The molecule has 0 spiro atoms. The third kappa shape index (κ3) is 1.10. The lowest BCUT2D eigenvalue weighted by molar-refractivity contribution is 0.285. The molecule has 0 fully saturated rings. The zero-order chi connectivity index (χ0) is 7.68. The van der Waals surface area contributed by atoms with E-state index < -0.39 is 0 Å². The molecule has 0 aromatic carbocycles. The van der Waals surface area contributed by atoms with Crippen molar-refractivity contribution in [3.63, 3.8) is 0 Å². The Balaban J connectivity index is 2.69. The Morgan fingerprint density at radius 1 is 1.55 bits per heavy atom. The summed E-state index contributed by atoms with van der Waals surface area (Å²) in [6.07, 6.45) is 3.26. The minimum Gasteiger partial charge on any atom is -0.391 e. The van der Waals surface area contributed by atoms with Gasteiger partial charge < -0.3 is 5.11 Å². The Kier molecular flexibility index (Phi) is 1.56. The zero-order valence-electron chi connectivity index (χ0n) is 5.69. The summed E-state index contributed by atoms with van der Waals surface area (Å²) in [6, 6.07) is 1.90. The molecule has 0 aliphatic rings. The van der Waals surface area contributed by atoms with Gasteiger partial charge in [-0.25, -0.2) is 9.97 Å². The molecule has 2 aromatic heterocycles. The van der Waals surface area contributed by atoms with Gasteiger partial charge in [0.2, 0.25) is 0 Å². The van der Waals surface area contributed by atoms with Gasteiger partial charge in [-0.05, 0) is 6.07 Å². The van der Waals surface area contributed by atoms with E-state index >= 15 is 0 Å². The summed E-state index contributed by atoms with van der Waals surface area (Å²) >= 11 is 1.50. The van der Waals surface area contributed by atoms with Crippen LogP contribution in [-0.4, -0.2) is 15.1 Å². The Morgan fingerprint density at radius 3 is 3.18 bits per heavy atom. The molecule has 0 saturated heterocycles. The number of fused-ring (bicyclic) bond motifs is 1. The molecule has 0 aliphatic carbocycles. The van der Waals surface area contributed by atoms with E-state index in [0.29, 0.717) is 0 Å². The highest BCUT2D eigenvalue weighted by atomic mass is 32.1. The van der Waals surface area contributed by atoms with Crippen LogP contribution in [0.2, 0.25) is 0 Å². The van der Waals surface area contributed by atoms with E-state index in [1.807, 2.05) is 6.07 Å². The third-order valence-corrected chi connectivity index (χ3v) is 2.45. The van der Waals surface area contributed by atoms with Gasteiger partial charge in [-0.15, -0.1) is 11.3 Å². The largest absolute Gasteiger partial charge is 0.391 e. The molecule has 0 amide bonds. The van der Waals surface area contributed by atoms with Crippen molar-refractivity contribution in [3.8, 4) is 0 Å². The van der Waals surface area contributed by atoms with Crippen LogP contribution in [0.4, 0.5) is 0 Å². The second-order valence-electron chi connectivity index (χ2n) is 2.15. The van der Waals surface area contributed by atoms with Crippen LogP contribution in [0.5, 0.6) is 0 Å². The molecular weight excluding hydrogens is 160 g/mol. The van der Waals surface area contributed by atoms with Gasteiger partial charge in [-0.2, -0.15) is 0 Å². The summed E-state index contributed by atoms with van der Waals surface area (Å²) in [7, 11) is 0. The van der Waals surface area contributed by atoms with Crippen LogP contribution in [0.1, 0.15) is 4.88 Å². The molecule has 2 rings (SSSR count). The van der Waals surface area contributed by atoms with Crippen molar-refractivity contribution in [2.75, 3.05) is 0 Å². The molecule has 0 atom stereocenters. The predicted octanol–water partition coefficient (Wildman–Crippen LogP) is 1.18. The highest BCUT2D eigenvalue weighted by Crippen LogP contribution is 2.21. The van der Waals surface area contributed by atoms with E-state index in [2.05, 4.69) is 9.97 Å². The minimum atomic E-state index is 0.0844. The van der Waals surface area contributed by atoms with E-state index in [9.17, 15) is 0 Å². The molecule has 11 heavy (non-hydrogen) atoms. The summed E-state index contributed by atoms with van der Waals surface area (Å²) in [5.41, 5.74) is 0. The summed E-state index contributed by atoms with van der Waals surface area (Å²) in [5, 5.41) is 9.80. The maximum atomic E-state index is 8.80. The highest BCUT2D eigenvalue weighted by Gasteiger charge is 1.99. The van der Waals surface area contributed by atoms with Crippen molar-refractivity contribution < 1.29 is 5.11 Å². The molecule has 1 N–H and O–H groups in total. The standard InChI is InChI=1S/C7H6N2OS/c10-3-6-1-5-2-8-4-9-7(5)11-6/h1-2,4,10H,3H2. The van der Waals surface area contributed by atoms with Gasteiger partial charge in [0.1, 0.15) is 11.2 Å². The van der Waals surface area contributed by atoms with Crippen LogP contribution < -0.4 is 0 Å². The zero-order valence-corrected chi connectivity index (χ0v) is 6.51. The number of thiophene rings is 1. The van der Waals surface area contributed by atoms with Crippen LogP contribution in [0.25, 0.3) is 10.2 Å². The van der Waals surface area contributed by atoms with Gasteiger partial charge in [-0.3, -0.25) is 0 Å². The molecule has 0 aliphatic heterocycles. The topological polar surface area (TPSA) is 46.0 Å². The van der Waals surface area contributed by atoms with Gasteiger partial charge >= 0.3 is 0 Å². The highest BCUT2D eigenvalue weighted by molar-refractivity contribution is 7.18. The van der Waals surface area contributed by atoms with Crippen LogP contribution in [-0.2, 0) is 6.61 Å². The van der Waals surface area contributed by atoms with Gasteiger partial charge in [-0.1, -0.05) is 0 Å². The molecule has 0 saturated carbocycles.